The molecule has 0 aliphatic rings. The Kier molecular flexibility index (Phi) is 5.80. The molecule has 2 N–H and O–H groups in total. The van der Waals surface area contributed by atoms with Crippen molar-refractivity contribution < 1.29 is 9.53 Å². The van der Waals surface area contributed by atoms with E-state index in [4.69, 9.17) is 4.74 Å². The van der Waals surface area contributed by atoms with Crippen LogP contribution in [0.1, 0.15) is 12.5 Å². The van der Waals surface area contributed by atoms with Gasteiger partial charge in [0.05, 0.1) is 6.54 Å². The first-order valence-electron chi connectivity index (χ1n) is 7.50. The summed E-state index contributed by atoms with van der Waals surface area (Å²) in [4.78, 5) is 12.0. The Morgan fingerprint density at radius 2 is 1.87 bits per heavy atom. The van der Waals surface area contributed by atoms with Crippen LogP contribution in [0.3, 0.4) is 0 Å². The normalized spacial score (nSPS) is 10.0. The van der Waals surface area contributed by atoms with Gasteiger partial charge in [-0.2, -0.15) is 0 Å². The molecule has 1 amide bonds. The Balaban J connectivity index is 1.86. The van der Waals surface area contributed by atoms with E-state index in [9.17, 15) is 4.79 Å². The average Bonchev–Trinajstić information content (AvgIpc) is 2.53. The van der Waals surface area contributed by atoms with Crippen molar-refractivity contribution in [2.75, 3.05) is 23.8 Å². The minimum absolute atomic E-state index is 0.109. The topological polar surface area (TPSA) is 50.4 Å². The van der Waals surface area contributed by atoms with Crippen molar-refractivity contribution in [1.29, 1.82) is 0 Å². The predicted octanol–water partition coefficient (Wildman–Crippen LogP) is 4.00. The Morgan fingerprint density at radius 1 is 1.13 bits per heavy atom. The number of hydrogen-bond donors (Lipinski definition) is 2. The van der Waals surface area contributed by atoms with Crippen molar-refractivity contribution >= 4 is 17.3 Å². The van der Waals surface area contributed by atoms with Crippen molar-refractivity contribution in [3.05, 3.63) is 66.2 Å². The largest absolute Gasteiger partial charge is 0.489 e. The maximum atomic E-state index is 12.0. The number of nitrogens with one attached hydrogen (secondary N) is 2. The van der Waals surface area contributed by atoms with E-state index in [1.54, 1.807) is 6.07 Å². The van der Waals surface area contributed by atoms with Gasteiger partial charge in [0, 0.05) is 17.4 Å². The van der Waals surface area contributed by atoms with Crippen molar-refractivity contribution in [1.82, 2.24) is 0 Å². The van der Waals surface area contributed by atoms with Crippen LogP contribution in [0.5, 0.6) is 5.75 Å². The summed E-state index contributed by atoms with van der Waals surface area (Å²) >= 11 is 0. The van der Waals surface area contributed by atoms with Gasteiger partial charge < -0.3 is 15.4 Å². The summed E-state index contributed by atoms with van der Waals surface area (Å²) in [5, 5.41) is 5.94. The number of carbonyl (C=O) groups excluding carboxylic acids is 1. The zero-order valence-electron chi connectivity index (χ0n) is 13.6. The van der Waals surface area contributed by atoms with Gasteiger partial charge in [0.1, 0.15) is 12.4 Å². The van der Waals surface area contributed by atoms with Crippen LogP contribution in [-0.4, -0.2) is 19.1 Å². The van der Waals surface area contributed by atoms with E-state index in [1.165, 1.54) is 5.56 Å². The van der Waals surface area contributed by atoms with E-state index < -0.39 is 0 Å². The van der Waals surface area contributed by atoms with Crippen molar-refractivity contribution in [3.63, 3.8) is 0 Å². The molecule has 4 nitrogen and oxygen atoms in total. The Morgan fingerprint density at radius 3 is 2.57 bits per heavy atom. The van der Waals surface area contributed by atoms with Crippen molar-refractivity contribution in [2.24, 2.45) is 0 Å². The molecule has 0 saturated heterocycles. The van der Waals surface area contributed by atoms with Crippen LogP contribution < -0.4 is 15.4 Å². The first-order chi connectivity index (χ1) is 11.0. The van der Waals surface area contributed by atoms with Crippen LogP contribution in [0.2, 0.25) is 0 Å². The molecule has 23 heavy (non-hydrogen) atoms. The summed E-state index contributed by atoms with van der Waals surface area (Å²) in [7, 11) is 0. The minimum atomic E-state index is -0.109. The first-order valence-corrected chi connectivity index (χ1v) is 7.50. The molecule has 120 valence electrons. The van der Waals surface area contributed by atoms with Crippen LogP contribution in [0, 0.1) is 6.92 Å². The molecule has 2 aromatic carbocycles. The van der Waals surface area contributed by atoms with Gasteiger partial charge in [-0.15, -0.1) is 0 Å². The Labute approximate surface area is 137 Å². The minimum Gasteiger partial charge on any atom is -0.489 e. The van der Waals surface area contributed by atoms with Crippen LogP contribution in [0.15, 0.2) is 60.7 Å². The van der Waals surface area contributed by atoms with Crippen LogP contribution in [0.4, 0.5) is 11.4 Å². The molecular weight excluding hydrogens is 288 g/mol. The summed E-state index contributed by atoms with van der Waals surface area (Å²) in [5.41, 5.74) is 3.76. The smallest absolute Gasteiger partial charge is 0.243 e. The lowest BCUT2D eigenvalue weighted by Crippen LogP contribution is -2.21. The highest BCUT2D eigenvalue weighted by Gasteiger charge is 2.04. The van der Waals surface area contributed by atoms with E-state index in [-0.39, 0.29) is 12.5 Å². The highest BCUT2D eigenvalue weighted by molar-refractivity contribution is 5.93. The first kappa shape index (κ1) is 16.6. The van der Waals surface area contributed by atoms with E-state index in [1.807, 2.05) is 56.3 Å². The molecule has 0 atom stereocenters. The molecule has 0 bridgehead atoms. The Bertz CT molecular complexity index is 678. The third-order valence-electron chi connectivity index (χ3n) is 3.11. The monoisotopic (exact) mass is 310 g/mol. The molecule has 2 rings (SSSR count). The van der Waals surface area contributed by atoms with Gasteiger partial charge in [-0.25, -0.2) is 0 Å². The second-order valence-electron chi connectivity index (χ2n) is 5.54. The number of hydrogen-bond acceptors (Lipinski definition) is 3. The average molecular weight is 310 g/mol. The highest BCUT2D eigenvalue weighted by atomic mass is 16.5. The fraction of sp³-hybridized carbons (Fsp3) is 0.211. The molecule has 4 heteroatoms. The number of benzene rings is 2. The van der Waals surface area contributed by atoms with Crippen molar-refractivity contribution in [3.8, 4) is 5.75 Å². The highest BCUT2D eigenvalue weighted by Crippen LogP contribution is 2.18. The van der Waals surface area contributed by atoms with Crippen LogP contribution >= 0.6 is 0 Å². The number of ether oxygens (including phenoxy) is 1. The van der Waals surface area contributed by atoms with Gasteiger partial charge >= 0.3 is 0 Å². The molecule has 0 radical (unpaired) electrons. The van der Waals surface area contributed by atoms with E-state index in [0.717, 1.165) is 11.3 Å². The quantitative estimate of drug-likeness (QED) is 0.760. The maximum Gasteiger partial charge on any atom is 0.243 e. The van der Waals surface area contributed by atoms with Gasteiger partial charge in [-0.1, -0.05) is 30.3 Å². The number of aryl methyl sites for hydroxylation is 1. The maximum absolute atomic E-state index is 12.0. The molecule has 0 aromatic heterocycles. The fourth-order valence-corrected chi connectivity index (χ4v) is 1.93. The summed E-state index contributed by atoms with van der Waals surface area (Å²) in [6.45, 7) is 8.40. The second kappa shape index (κ2) is 8.03. The molecule has 0 fully saturated rings. The summed E-state index contributed by atoms with van der Waals surface area (Å²) in [5.74, 6) is 0.597. The molecule has 0 unspecified atom stereocenters. The molecule has 0 saturated carbocycles. The van der Waals surface area contributed by atoms with Crippen LogP contribution in [0.25, 0.3) is 0 Å². The van der Waals surface area contributed by atoms with Gasteiger partial charge in [0.2, 0.25) is 5.91 Å². The summed E-state index contributed by atoms with van der Waals surface area (Å²) in [6.07, 6.45) is 0. The molecular formula is C19H22N2O2. The summed E-state index contributed by atoms with van der Waals surface area (Å²) < 4.78 is 5.56. The fourth-order valence-electron chi connectivity index (χ4n) is 1.93. The lowest BCUT2D eigenvalue weighted by Gasteiger charge is -2.10. The van der Waals surface area contributed by atoms with Gasteiger partial charge in [0.15, 0.2) is 0 Å². The third-order valence-corrected chi connectivity index (χ3v) is 3.11. The lowest BCUT2D eigenvalue weighted by atomic mass is 10.2. The van der Waals surface area contributed by atoms with Gasteiger partial charge in [-0.05, 0) is 43.7 Å². The lowest BCUT2D eigenvalue weighted by molar-refractivity contribution is -0.114. The number of rotatable bonds is 7. The van der Waals surface area contributed by atoms with E-state index in [2.05, 4.69) is 17.2 Å². The van der Waals surface area contributed by atoms with E-state index >= 15 is 0 Å². The standard InChI is InChI=1S/C19H22N2O2/c1-14(2)13-23-18-6-4-5-17(11-18)21-19(22)12-20-16-9-7-15(3)8-10-16/h4-11,20H,1,12-13H2,2-3H3,(H,21,22). The molecule has 0 aliphatic heterocycles. The molecule has 0 aliphatic carbocycles. The number of anilines is 2. The van der Waals surface area contributed by atoms with Gasteiger partial charge in [-0.3, -0.25) is 4.79 Å². The zero-order valence-corrected chi connectivity index (χ0v) is 13.6. The number of carbonyl (C=O) groups is 1. The van der Waals surface area contributed by atoms with E-state index in [0.29, 0.717) is 18.0 Å². The second-order valence-corrected chi connectivity index (χ2v) is 5.54. The molecule has 0 spiro atoms. The zero-order chi connectivity index (χ0) is 16.7. The van der Waals surface area contributed by atoms with Crippen LogP contribution in [-0.2, 0) is 4.79 Å². The molecule has 0 heterocycles. The Hall–Kier alpha value is -2.75. The summed E-state index contributed by atoms with van der Waals surface area (Å²) in [6, 6.07) is 15.2. The van der Waals surface area contributed by atoms with Gasteiger partial charge in [0.25, 0.3) is 0 Å². The number of amides is 1. The van der Waals surface area contributed by atoms with Crippen molar-refractivity contribution in [2.45, 2.75) is 13.8 Å². The predicted molar refractivity (Wildman–Crippen MR) is 95.0 cm³/mol. The molecule has 2 aromatic rings. The third kappa shape index (κ3) is 5.87. The SMILES string of the molecule is C=C(C)COc1cccc(NC(=O)CNc2ccc(C)cc2)c1.